The Morgan fingerprint density at radius 2 is 1.79 bits per heavy atom. The number of hydrogen-bond donors (Lipinski definition) is 1. The predicted octanol–water partition coefficient (Wildman–Crippen LogP) is 5.71. The van der Waals surface area contributed by atoms with Gasteiger partial charge in [0.15, 0.2) is 5.17 Å². The van der Waals surface area contributed by atoms with Gasteiger partial charge in [-0.05, 0) is 61.4 Å². The van der Waals surface area contributed by atoms with Crippen molar-refractivity contribution >= 4 is 40.1 Å². The number of amides is 2. The summed E-state index contributed by atoms with van der Waals surface area (Å²) >= 11 is 1.24. The van der Waals surface area contributed by atoms with Gasteiger partial charge in [-0.2, -0.15) is 10.1 Å². The number of carbonyl (C=O) groups is 2. The van der Waals surface area contributed by atoms with Gasteiger partial charge in [0.2, 0.25) is 5.91 Å². The zero-order valence-corrected chi connectivity index (χ0v) is 21.9. The summed E-state index contributed by atoms with van der Waals surface area (Å²) in [6.45, 7) is 4.49. The minimum Gasteiger partial charge on any atom is -0.494 e. The average Bonchev–Trinajstić information content (AvgIpc) is 3.50. The number of aryl methyl sites for hydroxylation is 1. The molecule has 194 valence electrons. The quantitative estimate of drug-likeness (QED) is 0.423. The van der Waals surface area contributed by atoms with Gasteiger partial charge < -0.3 is 10.1 Å². The van der Waals surface area contributed by atoms with Gasteiger partial charge in [0, 0.05) is 18.5 Å². The highest BCUT2D eigenvalue weighted by molar-refractivity contribution is 8.15. The summed E-state index contributed by atoms with van der Waals surface area (Å²) in [5.41, 5.74) is 4.39. The Morgan fingerprint density at radius 3 is 2.47 bits per heavy atom. The minimum absolute atomic E-state index is 0.0126. The first-order valence-electron chi connectivity index (χ1n) is 12.4. The lowest BCUT2D eigenvalue weighted by atomic mass is 9.98. The molecule has 0 unspecified atom stereocenters. The van der Waals surface area contributed by atoms with Gasteiger partial charge >= 0.3 is 0 Å². The second-order valence-electron chi connectivity index (χ2n) is 9.08. The minimum atomic E-state index is -0.642. The van der Waals surface area contributed by atoms with Crippen molar-refractivity contribution in [3.63, 3.8) is 0 Å². The number of amidine groups is 1. The van der Waals surface area contributed by atoms with Crippen LogP contribution in [0.15, 0.2) is 82.9 Å². The normalized spacial score (nSPS) is 18.8. The highest BCUT2D eigenvalue weighted by atomic mass is 32.2. The Morgan fingerprint density at radius 1 is 1.08 bits per heavy atom. The summed E-state index contributed by atoms with van der Waals surface area (Å²) in [5, 5.41) is 9.21. The van der Waals surface area contributed by atoms with Gasteiger partial charge in [-0.3, -0.25) is 9.59 Å². The number of anilines is 1. The summed E-state index contributed by atoms with van der Waals surface area (Å²) in [7, 11) is 0. The predicted molar refractivity (Wildman–Crippen MR) is 148 cm³/mol. The van der Waals surface area contributed by atoms with E-state index in [9.17, 15) is 14.0 Å². The highest BCUT2D eigenvalue weighted by Crippen LogP contribution is 2.38. The molecule has 0 aromatic heterocycles. The van der Waals surface area contributed by atoms with Gasteiger partial charge in [-0.15, -0.1) is 0 Å². The zero-order valence-electron chi connectivity index (χ0n) is 21.1. The summed E-state index contributed by atoms with van der Waals surface area (Å²) in [4.78, 5) is 29.8. The number of hydrazone groups is 1. The molecule has 0 aliphatic carbocycles. The Hall–Kier alpha value is -3.98. The van der Waals surface area contributed by atoms with E-state index in [1.54, 1.807) is 41.4 Å². The zero-order chi connectivity index (χ0) is 26.6. The van der Waals surface area contributed by atoms with E-state index in [4.69, 9.17) is 9.84 Å². The standard InChI is InChI=1S/C29H27FN4O3S/c1-3-37-23-14-12-22(13-15-23)31-27(35)17-26-28(36)32-29(38-26)34-25(20-6-4-18(2)5-7-20)16-24(33-34)19-8-10-21(30)11-9-19/h4-15,25-26H,3,16-17H2,1-2H3,(H,31,35)/t25-,26-/m1/s1. The molecule has 2 heterocycles. The first-order chi connectivity index (χ1) is 18.4. The molecular formula is C29H27FN4O3S. The molecule has 0 fully saturated rings. The maximum atomic E-state index is 13.5. The number of ether oxygens (including phenoxy) is 1. The van der Waals surface area contributed by atoms with Crippen LogP contribution < -0.4 is 10.1 Å². The molecule has 0 bridgehead atoms. The molecule has 0 saturated heterocycles. The fraction of sp³-hybridized carbons (Fsp3) is 0.241. The lowest BCUT2D eigenvalue weighted by Gasteiger charge is -2.23. The largest absolute Gasteiger partial charge is 0.494 e. The van der Waals surface area contributed by atoms with Crippen molar-refractivity contribution in [3.8, 4) is 5.75 Å². The van der Waals surface area contributed by atoms with Crippen LogP contribution in [0, 0.1) is 12.7 Å². The van der Waals surface area contributed by atoms with E-state index in [0.29, 0.717) is 23.9 Å². The van der Waals surface area contributed by atoms with Crippen molar-refractivity contribution in [1.82, 2.24) is 5.01 Å². The number of carbonyl (C=O) groups excluding carboxylic acids is 2. The second-order valence-corrected chi connectivity index (χ2v) is 10.2. The molecule has 2 aliphatic heterocycles. The Balaban J connectivity index is 1.31. The molecular weight excluding hydrogens is 503 g/mol. The molecule has 2 aliphatic rings. The number of thioether (sulfide) groups is 1. The molecule has 9 heteroatoms. The van der Waals surface area contributed by atoms with Crippen LogP contribution in [0.1, 0.15) is 42.5 Å². The monoisotopic (exact) mass is 530 g/mol. The number of benzene rings is 3. The van der Waals surface area contributed by atoms with Crippen LogP contribution in [0.25, 0.3) is 0 Å². The number of hydrogen-bond acceptors (Lipinski definition) is 6. The first kappa shape index (κ1) is 25.7. The summed E-state index contributed by atoms with van der Waals surface area (Å²) < 4.78 is 18.9. The molecule has 0 radical (unpaired) electrons. The molecule has 38 heavy (non-hydrogen) atoms. The average molecular weight is 531 g/mol. The number of halogens is 1. The summed E-state index contributed by atoms with van der Waals surface area (Å²) in [6, 6.07) is 21.3. The third-order valence-corrected chi connectivity index (χ3v) is 7.44. The molecule has 0 saturated carbocycles. The van der Waals surface area contributed by atoms with Gasteiger partial charge in [0.25, 0.3) is 5.91 Å². The molecule has 2 amide bonds. The number of nitrogens with zero attached hydrogens (tertiary/aromatic N) is 3. The number of rotatable bonds is 7. The van der Waals surface area contributed by atoms with Gasteiger partial charge in [-0.25, -0.2) is 9.40 Å². The molecule has 0 spiro atoms. The van der Waals surface area contributed by atoms with E-state index in [1.807, 2.05) is 38.1 Å². The van der Waals surface area contributed by atoms with Crippen LogP contribution in [0.2, 0.25) is 0 Å². The third kappa shape index (κ3) is 5.78. The Kier molecular flexibility index (Phi) is 7.55. The van der Waals surface area contributed by atoms with Crippen LogP contribution in [-0.4, -0.2) is 39.6 Å². The van der Waals surface area contributed by atoms with E-state index in [1.165, 1.54) is 23.9 Å². The topological polar surface area (TPSA) is 83.4 Å². The van der Waals surface area contributed by atoms with Crippen LogP contribution in [0.4, 0.5) is 10.1 Å². The van der Waals surface area contributed by atoms with E-state index < -0.39 is 5.25 Å². The maximum Gasteiger partial charge on any atom is 0.262 e. The number of nitrogens with one attached hydrogen (secondary N) is 1. The van der Waals surface area contributed by atoms with Crippen LogP contribution in [0.3, 0.4) is 0 Å². The molecule has 7 nitrogen and oxygen atoms in total. The first-order valence-corrected chi connectivity index (χ1v) is 13.3. The third-order valence-electron chi connectivity index (χ3n) is 6.29. The van der Waals surface area contributed by atoms with Crippen molar-refractivity contribution in [2.75, 3.05) is 11.9 Å². The van der Waals surface area contributed by atoms with E-state index in [-0.39, 0.29) is 30.1 Å². The molecule has 3 aromatic rings. The fourth-order valence-corrected chi connectivity index (χ4v) is 5.40. The van der Waals surface area contributed by atoms with Crippen molar-refractivity contribution in [2.24, 2.45) is 10.1 Å². The van der Waals surface area contributed by atoms with Crippen molar-refractivity contribution < 1.29 is 18.7 Å². The molecule has 2 atom stereocenters. The summed E-state index contributed by atoms with van der Waals surface area (Å²) in [5.74, 6) is -0.227. The van der Waals surface area contributed by atoms with E-state index in [0.717, 1.165) is 28.2 Å². The maximum absolute atomic E-state index is 13.5. The molecule has 3 aromatic carbocycles. The Labute approximate surface area is 224 Å². The lowest BCUT2D eigenvalue weighted by molar-refractivity contribution is -0.121. The van der Waals surface area contributed by atoms with E-state index >= 15 is 0 Å². The Bertz CT molecular complexity index is 1390. The SMILES string of the molecule is CCOc1ccc(NC(=O)C[C@H]2SC(N3N=C(c4ccc(F)cc4)C[C@@H]3c3ccc(C)cc3)=NC2=O)cc1. The highest BCUT2D eigenvalue weighted by Gasteiger charge is 2.39. The van der Waals surface area contributed by atoms with Crippen molar-refractivity contribution in [2.45, 2.75) is 38.0 Å². The van der Waals surface area contributed by atoms with Crippen LogP contribution >= 0.6 is 11.8 Å². The van der Waals surface area contributed by atoms with Crippen LogP contribution in [-0.2, 0) is 9.59 Å². The van der Waals surface area contributed by atoms with Gasteiger partial charge in [0.1, 0.15) is 16.8 Å². The van der Waals surface area contributed by atoms with Crippen molar-refractivity contribution in [3.05, 3.63) is 95.3 Å². The van der Waals surface area contributed by atoms with E-state index in [2.05, 4.69) is 10.3 Å². The van der Waals surface area contributed by atoms with Crippen LogP contribution in [0.5, 0.6) is 5.75 Å². The lowest BCUT2D eigenvalue weighted by Crippen LogP contribution is -2.25. The summed E-state index contributed by atoms with van der Waals surface area (Å²) in [6.07, 6.45) is 0.562. The molecule has 1 N–H and O–H groups in total. The van der Waals surface area contributed by atoms with Gasteiger partial charge in [0.05, 0.1) is 18.4 Å². The molecule has 5 rings (SSSR count). The smallest absolute Gasteiger partial charge is 0.262 e. The van der Waals surface area contributed by atoms with Crippen molar-refractivity contribution in [1.29, 1.82) is 0 Å². The number of aliphatic imine (C=N–C) groups is 1. The second kappa shape index (κ2) is 11.2. The fourth-order valence-electron chi connectivity index (χ4n) is 4.34. The van der Waals surface area contributed by atoms with Gasteiger partial charge in [-0.1, -0.05) is 53.7 Å².